The van der Waals surface area contributed by atoms with Crippen LogP contribution in [0.4, 0.5) is 18.3 Å². The van der Waals surface area contributed by atoms with E-state index >= 15 is 0 Å². The smallest absolute Gasteiger partial charge is 0.406 e. The maximum Gasteiger partial charge on any atom is 0.573 e. The summed E-state index contributed by atoms with van der Waals surface area (Å²) in [4.78, 5) is 17.0. The first-order chi connectivity index (χ1) is 15.0. The predicted molar refractivity (Wildman–Crippen MR) is 112 cm³/mol. The first-order valence-corrected chi connectivity index (χ1v) is 11.9. The molecular formula is C19H19F3N4O4S2. The summed E-state index contributed by atoms with van der Waals surface area (Å²) in [7, 11) is -2.14. The highest BCUT2D eigenvalue weighted by molar-refractivity contribution is 7.89. The summed E-state index contributed by atoms with van der Waals surface area (Å²) in [5.74, 6) is -0.972. The van der Waals surface area contributed by atoms with Crippen molar-refractivity contribution in [3.05, 3.63) is 36.2 Å². The number of rotatable bonds is 5. The molecule has 13 heteroatoms. The number of halogens is 3. The van der Waals surface area contributed by atoms with Crippen LogP contribution in [0.2, 0.25) is 0 Å². The Hall–Kier alpha value is -2.64. The Bertz CT molecular complexity index is 1260. The number of aromatic nitrogens is 2. The number of amides is 1. The number of hydrogen-bond donors (Lipinski definition) is 1. The number of thiazole rings is 1. The third-order valence-corrected chi connectivity index (χ3v) is 7.78. The van der Waals surface area contributed by atoms with Crippen molar-refractivity contribution in [2.75, 3.05) is 18.4 Å². The van der Waals surface area contributed by atoms with Crippen molar-refractivity contribution in [2.24, 2.45) is 7.05 Å². The zero-order valence-electron chi connectivity index (χ0n) is 16.8. The minimum absolute atomic E-state index is 0.0327. The van der Waals surface area contributed by atoms with Crippen LogP contribution in [0.15, 0.2) is 35.4 Å². The van der Waals surface area contributed by atoms with Gasteiger partial charge in [0.15, 0.2) is 5.13 Å². The number of nitrogens with zero attached hydrogens (tertiary/aromatic N) is 3. The van der Waals surface area contributed by atoms with Crippen molar-refractivity contribution >= 4 is 42.6 Å². The minimum atomic E-state index is -4.81. The molecule has 0 spiro atoms. The first-order valence-electron chi connectivity index (χ1n) is 9.67. The van der Waals surface area contributed by atoms with Crippen molar-refractivity contribution in [3.8, 4) is 5.75 Å². The Morgan fingerprint density at radius 1 is 1.19 bits per heavy atom. The highest BCUT2D eigenvalue weighted by Crippen LogP contribution is 2.32. The Morgan fingerprint density at radius 2 is 1.91 bits per heavy atom. The lowest BCUT2D eigenvalue weighted by atomic mass is 10.2. The molecule has 0 unspecified atom stereocenters. The molecule has 0 bridgehead atoms. The molecule has 1 aromatic carbocycles. The van der Waals surface area contributed by atoms with Gasteiger partial charge in [-0.2, -0.15) is 4.31 Å². The number of carbonyl (C=O) groups is 1. The van der Waals surface area contributed by atoms with E-state index < -0.39 is 22.3 Å². The zero-order valence-corrected chi connectivity index (χ0v) is 18.5. The van der Waals surface area contributed by atoms with Crippen LogP contribution < -0.4 is 10.1 Å². The summed E-state index contributed by atoms with van der Waals surface area (Å²) >= 11 is 0.975. The number of nitrogens with one attached hydrogen (secondary N) is 1. The lowest BCUT2D eigenvalue weighted by Gasteiger charge is -2.25. The van der Waals surface area contributed by atoms with Gasteiger partial charge in [0.25, 0.3) is 5.91 Å². The van der Waals surface area contributed by atoms with E-state index in [2.05, 4.69) is 15.0 Å². The van der Waals surface area contributed by atoms with Crippen molar-refractivity contribution in [1.29, 1.82) is 0 Å². The normalized spacial score (nSPS) is 15.8. The van der Waals surface area contributed by atoms with Crippen LogP contribution in [0, 0.1) is 0 Å². The molecule has 0 atom stereocenters. The van der Waals surface area contributed by atoms with E-state index in [1.54, 1.807) is 7.05 Å². The summed E-state index contributed by atoms with van der Waals surface area (Å²) < 4.78 is 70.1. The zero-order chi connectivity index (χ0) is 23.1. The number of piperidine rings is 1. The highest BCUT2D eigenvalue weighted by Gasteiger charge is 2.31. The van der Waals surface area contributed by atoms with Crippen LogP contribution in [0.5, 0.6) is 5.75 Å². The van der Waals surface area contributed by atoms with Crippen molar-refractivity contribution in [2.45, 2.75) is 30.5 Å². The average molecular weight is 489 g/mol. The van der Waals surface area contributed by atoms with Gasteiger partial charge < -0.3 is 9.30 Å². The van der Waals surface area contributed by atoms with Gasteiger partial charge in [-0.3, -0.25) is 10.1 Å². The van der Waals surface area contributed by atoms with E-state index in [9.17, 15) is 26.4 Å². The molecule has 0 radical (unpaired) electrons. The molecule has 1 N–H and O–H groups in total. The van der Waals surface area contributed by atoms with E-state index in [4.69, 9.17) is 0 Å². The Kier molecular flexibility index (Phi) is 5.90. The van der Waals surface area contributed by atoms with Crippen LogP contribution in [0.3, 0.4) is 0 Å². The number of hydrogen-bond acceptors (Lipinski definition) is 6. The molecule has 8 nitrogen and oxygen atoms in total. The SMILES string of the molecule is Cn1cc(S(=O)(=O)N2CCCCC2)cc1C(=O)Nc1nc2ccc(OC(F)(F)F)cc2s1. The fourth-order valence-electron chi connectivity index (χ4n) is 3.47. The number of benzene rings is 1. The fourth-order valence-corrected chi connectivity index (χ4v) is 5.95. The molecular weight excluding hydrogens is 469 g/mol. The number of sulfonamides is 1. The molecule has 1 fully saturated rings. The summed E-state index contributed by atoms with van der Waals surface area (Å²) in [6.07, 6.45) is -0.841. The molecule has 2 aromatic heterocycles. The molecule has 0 aliphatic carbocycles. The van der Waals surface area contributed by atoms with E-state index in [1.165, 1.54) is 33.3 Å². The maximum absolute atomic E-state index is 12.9. The first kappa shape index (κ1) is 22.6. The van der Waals surface area contributed by atoms with Gasteiger partial charge >= 0.3 is 6.36 Å². The van der Waals surface area contributed by atoms with Gasteiger partial charge in [-0.1, -0.05) is 17.8 Å². The lowest BCUT2D eigenvalue weighted by Crippen LogP contribution is -2.35. The summed E-state index contributed by atoms with van der Waals surface area (Å²) in [5.41, 5.74) is 0.501. The molecule has 4 rings (SSSR count). The van der Waals surface area contributed by atoms with E-state index in [0.717, 1.165) is 36.7 Å². The van der Waals surface area contributed by atoms with Crippen LogP contribution in [-0.4, -0.2) is 47.6 Å². The molecule has 3 heterocycles. The second kappa shape index (κ2) is 8.37. The standard InChI is InChI=1S/C19H19F3N4O4S2/c1-25-11-13(32(28,29)26-7-3-2-4-8-26)10-15(25)17(27)24-18-23-14-6-5-12(9-16(14)31-18)30-19(20,21)22/h5-6,9-11H,2-4,7-8H2,1H3,(H,23,24,27). The van der Waals surface area contributed by atoms with Gasteiger partial charge in [-0.25, -0.2) is 13.4 Å². The van der Waals surface area contributed by atoms with Gasteiger partial charge in [0.1, 0.15) is 16.3 Å². The summed E-state index contributed by atoms with van der Waals surface area (Å²) in [6, 6.07) is 4.98. The topological polar surface area (TPSA) is 93.5 Å². The molecule has 0 saturated carbocycles. The second-order valence-electron chi connectivity index (χ2n) is 7.29. The second-order valence-corrected chi connectivity index (χ2v) is 10.3. The van der Waals surface area contributed by atoms with E-state index in [1.807, 2.05) is 0 Å². The van der Waals surface area contributed by atoms with Crippen LogP contribution in [0.1, 0.15) is 29.8 Å². The number of fused-ring (bicyclic) bond motifs is 1. The molecule has 1 aliphatic heterocycles. The van der Waals surface area contributed by atoms with Crippen molar-refractivity contribution in [3.63, 3.8) is 0 Å². The quantitative estimate of drug-likeness (QED) is 0.587. The average Bonchev–Trinajstić information content (AvgIpc) is 3.30. The monoisotopic (exact) mass is 488 g/mol. The number of anilines is 1. The Labute approximate surface area is 185 Å². The number of aryl methyl sites for hydroxylation is 1. The molecule has 1 amide bonds. The minimum Gasteiger partial charge on any atom is -0.406 e. The molecule has 172 valence electrons. The van der Waals surface area contributed by atoms with E-state index in [-0.39, 0.29) is 21.5 Å². The highest BCUT2D eigenvalue weighted by atomic mass is 32.2. The number of ether oxygens (including phenoxy) is 1. The van der Waals surface area contributed by atoms with E-state index in [0.29, 0.717) is 23.3 Å². The predicted octanol–water partition coefficient (Wildman–Crippen LogP) is 3.96. The molecule has 32 heavy (non-hydrogen) atoms. The maximum atomic E-state index is 12.9. The Balaban J connectivity index is 1.53. The van der Waals surface area contributed by atoms with Crippen LogP contribution in [-0.2, 0) is 17.1 Å². The number of alkyl halides is 3. The third kappa shape index (κ3) is 4.74. The van der Waals surface area contributed by atoms with Crippen molar-refractivity contribution in [1.82, 2.24) is 13.9 Å². The summed E-state index contributed by atoms with van der Waals surface area (Å²) in [6.45, 7) is 0.898. The fraction of sp³-hybridized carbons (Fsp3) is 0.368. The Morgan fingerprint density at radius 3 is 2.59 bits per heavy atom. The van der Waals surface area contributed by atoms with Gasteiger partial charge in [-0.15, -0.1) is 13.2 Å². The van der Waals surface area contributed by atoms with Crippen LogP contribution in [0.25, 0.3) is 10.2 Å². The van der Waals surface area contributed by atoms with Gasteiger partial charge in [-0.05, 0) is 31.0 Å². The molecule has 1 aliphatic rings. The number of carbonyl (C=O) groups excluding carboxylic acids is 1. The largest absolute Gasteiger partial charge is 0.573 e. The summed E-state index contributed by atoms with van der Waals surface area (Å²) in [5, 5.41) is 2.74. The lowest BCUT2D eigenvalue weighted by molar-refractivity contribution is -0.274. The van der Waals surface area contributed by atoms with Crippen molar-refractivity contribution < 1.29 is 31.1 Å². The van der Waals surface area contributed by atoms with Gasteiger partial charge in [0.2, 0.25) is 10.0 Å². The van der Waals surface area contributed by atoms with Gasteiger partial charge in [0.05, 0.1) is 10.2 Å². The molecule has 3 aromatic rings. The molecule has 1 saturated heterocycles. The third-order valence-electron chi connectivity index (χ3n) is 4.98. The van der Waals surface area contributed by atoms with Gasteiger partial charge in [0, 0.05) is 32.4 Å². The van der Waals surface area contributed by atoms with Crippen LogP contribution >= 0.6 is 11.3 Å².